The van der Waals surface area contributed by atoms with Gasteiger partial charge in [-0.1, -0.05) is 11.6 Å². The van der Waals surface area contributed by atoms with E-state index < -0.39 is 6.10 Å². The molecule has 0 bridgehead atoms. The Morgan fingerprint density at radius 3 is 2.95 bits per heavy atom. The van der Waals surface area contributed by atoms with Crippen molar-refractivity contribution in [3.8, 4) is 5.75 Å². The zero-order valence-electron chi connectivity index (χ0n) is 11.0. The molecule has 0 saturated carbocycles. The van der Waals surface area contributed by atoms with Crippen molar-refractivity contribution in [1.82, 2.24) is 5.32 Å². The molecule has 0 aromatic heterocycles. The van der Waals surface area contributed by atoms with Gasteiger partial charge in [-0.05, 0) is 37.6 Å². The second-order valence-corrected chi connectivity index (χ2v) is 4.58. The molecule has 0 fully saturated rings. The van der Waals surface area contributed by atoms with E-state index in [-0.39, 0.29) is 5.91 Å². The third-order valence-electron chi connectivity index (χ3n) is 2.47. The van der Waals surface area contributed by atoms with E-state index in [0.29, 0.717) is 23.7 Å². The fourth-order valence-electron chi connectivity index (χ4n) is 1.46. The van der Waals surface area contributed by atoms with E-state index in [1.54, 1.807) is 38.3 Å². The summed E-state index contributed by atoms with van der Waals surface area (Å²) < 4.78 is 5.17. The lowest BCUT2D eigenvalue weighted by molar-refractivity contribution is -0.116. The summed E-state index contributed by atoms with van der Waals surface area (Å²) in [5, 5.41) is 12.3. The standard InChI is InChI=1S/C14H18ClNO3/c1-10(17)7-8-16-14(18)6-3-11-9-12(15)4-5-13(11)19-2/h3-6,9-10,17H,7-8H2,1-2H3,(H,16,18)/b6-3+. The predicted molar refractivity (Wildman–Crippen MR) is 76.3 cm³/mol. The molecular formula is C14H18ClNO3. The number of rotatable bonds is 6. The minimum absolute atomic E-state index is 0.220. The molecule has 5 heteroatoms. The molecule has 104 valence electrons. The number of hydrogen-bond donors (Lipinski definition) is 2. The molecule has 0 radical (unpaired) electrons. The third-order valence-corrected chi connectivity index (χ3v) is 2.70. The van der Waals surface area contributed by atoms with Crippen LogP contribution in [0.5, 0.6) is 5.75 Å². The van der Waals surface area contributed by atoms with Crippen LogP contribution in [0, 0.1) is 0 Å². The van der Waals surface area contributed by atoms with Crippen LogP contribution in [-0.4, -0.2) is 30.8 Å². The van der Waals surface area contributed by atoms with Crippen LogP contribution in [-0.2, 0) is 4.79 Å². The first-order valence-corrected chi connectivity index (χ1v) is 6.38. The first kappa shape index (κ1) is 15.5. The largest absolute Gasteiger partial charge is 0.496 e. The van der Waals surface area contributed by atoms with Gasteiger partial charge in [-0.2, -0.15) is 0 Å². The summed E-state index contributed by atoms with van der Waals surface area (Å²) in [6, 6.07) is 5.19. The molecule has 0 saturated heterocycles. The van der Waals surface area contributed by atoms with E-state index in [4.69, 9.17) is 21.4 Å². The van der Waals surface area contributed by atoms with Gasteiger partial charge in [0.15, 0.2) is 0 Å². The minimum atomic E-state index is -0.419. The molecule has 1 aromatic rings. The number of aliphatic hydroxyl groups excluding tert-OH is 1. The maximum atomic E-state index is 11.5. The molecule has 1 amide bonds. The van der Waals surface area contributed by atoms with Gasteiger partial charge in [0.2, 0.25) is 5.91 Å². The van der Waals surface area contributed by atoms with Crippen molar-refractivity contribution in [2.75, 3.05) is 13.7 Å². The van der Waals surface area contributed by atoms with Crippen molar-refractivity contribution in [3.63, 3.8) is 0 Å². The molecule has 1 rings (SSSR count). The summed E-state index contributed by atoms with van der Waals surface area (Å²) in [5.41, 5.74) is 0.737. The summed E-state index contributed by atoms with van der Waals surface area (Å²) in [7, 11) is 1.56. The van der Waals surface area contributed by atoms with Crippen molar-refractivity contribution >= 4 is 23.6 Å². The van der Waals surface area contributed by atoms with Crippen molar-refractivity contribution in [3.05, 3.63) is 34.9 Å². The van der Waals surface area contributed by atoms with Gasteiger partial charge in [0.05, 0.1) is 13.2 Å². The molecule has 0 spiro atoms. The predicted octanol–water partition coefficient (Wildman–Crippen LogP) is 2.25. The van der Waals surface area contributed by atoms with Crippen LogP contribution in [0.15, 0.2) is 24.3 Å². The molecule has 4 nitrogen and oxygen atoms in total. The SMILES string of the molecule is COc1ccc(Cl)cc1/C=C/C(=O)NCCC(C)O. The highest BCUT2D eigenvalue weighted by Crippen LogP contribution is 2.23. The van der Waals surface area contributed by atoms with Gasteiger partial charge in [0, 0.05) is 23.2 Å². The molecule has 1 atom stereocenters. The molecule has 0 aliphatic heterocycles. The number of benzene rings is 1. The maximum absolute atomic E-state index is 11.5. The van der Waals surface area contributed by atoms with Crippen molar-refractivity contribution in [2.45, 2.75) is 19.4 Å². The Kier molecular flexibility index (Phi) is 6.39. The average Bonchev–Trinajstić information content (AvgIpc) is 2.36. The van der Waals surface area contributed by atoms with Crippen molar-refractivity contribution in [1.29, 1.82) is 0 Å². The van der Waals surface area contributed by atoms with Gasteiger partial charge >= 0.3 is 0 Å². The summed E-state index contributed by atoms with van der Waals surface area (Å²) in [6.07, 6.45) is 3.16. The minimum Gasteiger partial charge on any atom is -0.496 e. The van der Waals surface area contributed by atoms with Crippen molar-refractivity contribution < 1.29 is 14.6 Å². The number of nitrogens with one attached hydrogen (secondary N) is 1. The Morgan fingerprint density at radius 2 is 2.32 bits per heavy atom. The molecule has 0 heterocycles. The lowest BCUT2D eigenvalue weighted by Crippen LogP contribution is -2.24. The lowest BCUT2D eigenvalue weighted by atomic mass is 10.2. The summed E-state index contributed by atoms with van der Waals surface area (Å²) in [5.74, 6) is 0.431. The molecule has 0 aliphatic rings. The fraction of sp³-hybridized carbons (Fsp3) is 0.357. The highest BCUT2D eigenvalue weighted by atomic mass is 35.5. The Balaban J connectivity index is 2.60. The van der Waals surface area contributed by atoms with Crippen LogP contribution in [0.3, 0.4) is 0 Å². The Labute approximate surface area is 118 Å². The third kappa shape index (κ3) is 5.77. The highest BCUT2D eigenvalue weighted by molar-refractivity contribution is 6.30. The number of aliphatic hydroxyl groups is 1. The van der Waals surface area contributed by atoms with E-state index in [0.717, 1.165) is 5.56 Å². The van der Waals surface area contributed by atoms with E-state index in [1.165, 1.54) is 6.08 Å². The van der Waals surface area contributed by atoms with E-state index in [1.807, 2.05) is 0 Å². The molecule has 2 N–H and O–H groups in total. The molecule has 1 unspecified atom stereocenters. The van der Waals surface area contributed by atoms with Gasteiger partial charge in [-0.3, -0.25) is 4.79 Å². The number of carbonyl (C=O) groups excluding carboxylic acids is 1. The number of ether oxygens (including phenoxy) is 1. The first-order chi connectivity index (χ1) is 9.02. The summed E-state index contributed by atoms with van der Waals surface area (Å²) in [4.78, 5) is 11.5. The van der Waals surface area contributed by atoms with Crippen molar-refractivity contribution in [2.24, 2.45) is 0 Å². The Bertz CT molecular complexity index is 458. The van der Waals surface area contributed by atoms with Gasteiger partial charge in [0.25, 0.3) is 0 Å². The van der Waals surface area contributed by atoms with Crippen LogP contribution in [0.25, 0.3) is 6.08 Å². The average molecular weight is 284 g/mol. The van der Waals surface area contributed by atoms with E-state index in [9.17, 15) is 4.79 Å². The van der Waals surface area contributed by atoms with Crippen LogP contribution in [0.2, 0.25) is 5.02 Å². The maximum Gasteiger partial charge on any atom is 0.244 e. The number of amides is 1. The molecular weight excluding hydrogens is 266 g/mol. The number of methoxy groups -OCH3 is 1. The highest BCUT2D eigenvalue weighted by Gasteiger charge is 2.02. The van der Waals surface area contributed by atoms with Gasteiger partial charge < -0.3 is 15.2 Å². The van der Waals surface area contributed by atoms with E-state index >= 15 is 0 Å². The quantitative estimate of drug-likeness (QED) is 0.787. The normalized spacial score (nSPS) is 12.4. The zero-order chi connectivity index (χ0) is 14.3. The Morgan fingerprint density at radius 1 is 1.58 bits per heavy atom. The monoisotopic (exact) mass is 283 g/mol. The van der Waals surface area contributed by atoms with Gasteiger partial charge in [0.1, 0.15) is 5.75 Å². The molecule has 0 aliphatic carbocycles. The number of hydrogen-bond acceptors (Lipinski definition) is 3. The van der Waals surface area contributed by atoms with Crippen LogP contribution in [0.1, 0.15) is 18.9 Å². The van der Waals surface area contributed by atoms with Crippen LogP contribution in [0.4, 0.5) is 0 Å². The number of halogens is 1. The Hall–Kier alpha value is -1.52. The summed E-state index contributed by atoms with van der Waals surface area (Å²) >= 11 is 5.89. The lowest BCUT2D eigenvalue weighted by Gasteiger charge is -2.06. The second kappa shape index (κ2) is 7.81. The molecule has 1 aromatic carbocycles. The van der Waals surface area contributed by atoms with Gasteiger partial charge in [-0.15, -0.1) is 0 Å². The second-order valence-electron chi connectivity index (χ2n) is 4.15. The molecule has 19 heavy (non-hydrogen) atoms. The smallest absolute Gasteiger partial charge is 0.244 e. The van der Waals surface area contributed by atoms with Crippen LogP contribution >= 0.6 is 11.6 Å². The zero-order valence-corrected chi connectivity index (χ0v) is 11.8. The fourth-order valence-corrected chi connectivity index (χ4v) is 1.64. The topological polar surface area (TPSA) is 58.6 Å². The van der Waals surface area contributed by atoms with Gasteiger partial charge in [-0.25, -0.2) is 0 Å². The summed E-state index contributed by atoms with van der Waals surface area (Å²) in [6.45, 7) is 2.12. The first-order valence-electron chi connectivity index (χ1n) is 6.00. The number of carbonyl (C=O) groups is 1. The van der Waals surface area contributed by atoms with E-state index in [2.05, 4.69) is 5.32 Å². The van der Waals surface area contributed by atoms with Crippen LogP contribution < -0.4 is 10.1 Å².